The van der Waals surface area contributed by atoms with Crippen LogP contribution < -0.4 is 0 Å². The van der Waals surface area contributed by atoms with E-state index in [2.05, 4.69) is 6.92 Å². The highest BCUT2D eigenvalue weighted by atomic mass is 16.6. The van der Waals surface area contributed by atoms with E-state index in [1.165, 1.54) is 6.42 Å². The number of piperidine rings is 1. The van der Waals surface area contributed by atoms with Crippen molar-refractivity contribution in [1.82, 2.24) is 4.90 Å². The molecule has 4 unspecified atom stereocenters. The van der Waals surface area contributed by atoms with Crippen LogP contribution in [0, 0.1) is 11.8 Å². The van der Waals surface area contributed by atoms with Gasteiger partial charge in [0, 0.05) is 18.5 Å². The lowest BCUT2D eigenvalue weighted by Gasteiger charge is -2.45. The van der Waals surface area contributed by atoms with Crippen molar-refractivity contribution in [3.05, 3.63) is 0 Å². The molecule has 2 fully saturated rings. The highest BCUT2D eigenvalue weighted by Crippen LogP contribution is 2.38. The van der Waals surface area contributed by atoms with Crippen LogP contribution in [0.4, 0.5) is 4.79 Å². The Morgan fingerprint density at radius 3 is 2.59 bits per heavy atom. The molecule has 0 radical (unpaired) electrons. The molecule has 1 amide bonds. The molecule has 2 rings (SSSR count). The second kappa shape index (κ2) is 7.20. The van der Waals surface area contributed by atoms with E-state index in [9.17, 15) is 9.90 Å². The number of aliphatic hydroxyl groups excluding tert-OH is 1. The molecule has 4 heteroatoms. The molecule has 1 aliphatic heterocycles. The molecule has 0 aromatic rings. The van der Waals surface area contributed by atoms with E-state index in [-0.39, 0.29) is 24.2 Å². The van der Waals surface area contributed by atoms with Crippen LogP contribution in [0.2, 0.25) is 0 Å². The van der Waals surface area contributed by atoms with Gasteiger partial charge in [-0.15, -0.1) is 0 Å². The van der Waals surface area contributed by atoms with Gasteiger partial charge in [-0.05, 0) is 65.2 Å². The van der Waals surface area contributed by atoms with Crippen LogP contribution in [0.5, 0.6) is 0 Å². The highest BCUT2D eigenvalue weighted by Gasteiger charge is 2.40. The third-order valence-corrected chi connectivity index (χ3v) is 5.22. The molecule has 1 N–H and O–H groups in total. The quantitative estimate of drug-likeness (QED) is 0.839. The number of nitrogens with zero attached hydrogens (tertiary/aromatic N) is 1. The fraction of sp³-hybridized carbons (Fsp3) is 0.944. The van der Waals surface area contributed by atoms with Gasteiger partial charge in [0.1, 0.15) is 5.60 Å². The van der Waals surface area contributed by atoms with E-state index in [1.54, 1.807) is 0 Å². The third-order valence-electron chi connectivity index (χ3n) is 5.22. The lowest BCUT2D eigenvalue weighted by atomic mass is 9.73. The fourth-order valence-corrected chi connectivity index (χ4v) is 4.01. The Morgan fingerprint density at radius 2 is 1.95 bits per heavy atom. The fourth-order valence-electron chi connectivity index (χ4n) is 4.01. The summed E-state index contributed by atoms with van der Waals surface area (Å²) in [5.41, 5.74) is -0.462. The first kappa shape index (κ1) is 17.6. The standard InChI is InChI=1S/C18H33NO3/c1-5-13-9-10-16(20)14(12-13)15-8-6-7-11-19(15)17(21)22-18(2,3)4/h13-16,20H,5-12H2,1-4H3. The number of rotatable bonds is 2. The molecule has 4 nitrogen and oxygen atoms in total. The predicted molar refractivity (Wildman–Crippen MR) is 87.7 cm³/mol. The van der Waals surface area contributed by atoms with Gasteiger partial charge >= 0.3 is 6.09 Å². The SMILES string of the molecule is CCC1CCC(O)C(C2CCCCN2C(=O)OC(C)(C)C)C1. The van der Waals surface area contributed by atoms with Crippen molar-refractivity contribution in [2.45, 2.75) is 90.4 Å². The Morgan fingerprint density at radius 1 is 1.23 bits per heavy atom. The van der Waals surface area contributed by atoms with Crippen molar-refractivity contribution in [3.8, 4) is 0 Å². The molecular formula is C18H33NO3. The van der Waals surface area contributed by atoms with E-state index >= 15 is 0 Å². The van der Waals surface area contributed by atoms with E-state index in [1.807, 2.05) is 25.7 Å². The summed E-state index contributed by atoms with van der Waals surface area (Å²) in [6.07, 6.45) is 6.91. The van der Waals surface area contributed by atoms with Crippen LogP contribution in [0.1, 0.15) is 72.6 Å². The molecule has 2 aliphatic rings. The largest absolute Gasteiger partial charge is 0.444 e. The molecule has 0 spiro atoms. The smallest absolute Gasteiger partial charge is 0.410 e. The van der Waals surface area contributed by atoms with E-state index < -0.39 is 5.60 Å². The molecule has 1 saturated heterocycles. The zero-order valence-electron chi connectivity index (χ0n) is 14.7. The van der Waals surface area contributed by atoms with Gasteiger partial charge in [-0.2, -0.15) is 0 Å². The van der Waals surface area contributed by atoms with Gasteiger partial charge in [0.25, 0.3) is 0 Å². The van der Waals surface area contributed by atoms with Gasteiger partial charge in [-0.1, -0.05) is 13.3 Å². The van der Waals surface area contributed by atoms with Crippen LogP contribution in [0.15, 0.2) is 0 Å². The normalized spacial score (nSPS) is 33.6. The lowest BCUT2D eigenvalue weighted by molar-refractivity contribution is -0.0352. The number of aliphatic hydroxyl groups is 1. The van der Waals surface area contributed by atoms with Gasteiger partial charge in [0.15, 0.2) is 0 Å². The van der Waals surface area contributed by atoms with E-state index in [0.717, 1.165) is 45.1 Å². The first-order chi connectivity index (χ1) is 10.3. The summed E-state index contributed by atoms with van der Waals surface area (Å²) >= 11 is 0. The maximum absolute atomic E-state index is 12.5. The molecule has 0 aromatic carbocycles. The molecule has 1 aliphatic carbocycles. The van der Waals surface area contributed by atoms with Crippen molar-refractivity contribution >= 4 is 6.09 Å². The molecular weight excluding hydrogens is 278 g/mol. The molecule has 4 atom stereocenters. The second-order valence-corrected chi connectivity index (χ2v) is 8.06. The van der Waals surface area contributed by atoms with Gasteiger partial charge in [-0.25, -0.2) is 4.79 Å². The Balaban J connectivity index is 2.09. The van der Waals surface area contributed by atoms with Crippen LogP contribution in [-0.4, -0.2) is 40.4 Å². The minimum Gasteiger partial charge on any atom is -0.444 e. The molecule has 1 saturated carbocycles. The Bertz CT molecular complexity index is 377. The molecule has 1 heterocycles. The Hall–Kier alpha value is -0.770. The average Bonchev–Trinajstić information content (AvgIpc) is 2.46. The summed E-state index contributed by atoms with van der Waals surface area (Å²) in [5.74, 6) is 0.905. The van der Waals surface area contributed by atoms with Gasteiger partial charge in [0.2, 0.25) is 0 Å². The number of amides is 1. The summed E-state index contributed by atoms with van der Waals surface area (Å²) in [6.45, 7) is 8.72. The van der Waals surface area contributed by atoms with E-state index in [0.29, 0.717) is 5.92 Å². The summed E-state index contributed by atoms with van der Waals surface area (Å²) in [4.78, 5) is 14.5. The maximum Gasteiger partial charge on any atom is 0.410 e. The number of carbonyl (C=O) groups excluding carboxylic acids is 1. The van der Waals surface area contributed by atoms with Crippen LogP contribution >= 0.6 is 0 Å². The highest BCUT2D eigenvalue weighted by molar-refractivity contribution is 5.68. The number of likely N-dealkylation sites (tertiary alicyclic amines) is 1. The predicted octanol–water partition coefficient (Wildman–Crippen LogP) is 3.96. The number of carbonyl (C=O) groups is 1. The van der Waals surface area contributed by atoms with Crippen molar-refractivity contribution in [2.24, 2.45) is 11.8 Å². The van der Waals surface area contributed by atoms with Crippen molar-refractivity contribution in [2.75, 3.05) is 6.54 Å². The topological polar surface area (TPSA) is 49.8 Å². The monoisotopic (exact) mass is 311 g/mol. The molecule has 128 valence electrons. The van der Waals surface area contributed by atoms with Crippen molar-refractivity contribution in [3.63, 3.8) is 0 Å². The molecule has 0 bridgehead atoms. The molecule has 22 heavy (non-hydrogen) atoms. The second-order valence-electron chi connectivity index (χ2n) is 8.06. The Kier molecular flexibility index (Phi) is 5.76. The first-order valence-corrected chi connectivity index (χ1v) is 8.99. The van der Waals surface area contributed by atoms with Crippen LogP contribution in [0.25, 0.3) is 0 Å². The average molecular weight is 311 g/mol. The van der Waals surface area contributed by atoms with Crippen molar-refractivity contribution in [1.29, 1.82) is 0 Å². The van der Waals surface area contributed by atoms with Crippen LogP contribution in [0.3, 0.4) is 0 Å². The van der Waals surface area contributed by atoms with Gasteiger partial charge in [0.05, 0.1) is 6.10 Å². The zero-order valence-corrected chi connectivity index (χ0v) is 14.7. The summed E-state index contributed by atoms with van der Waals surface area (Å²) in [5, 5.41) is 10.5. The number of hydrogen-bond donors (Lipinski definition) is 1. The minimum atomic E-state index is -0.462. The zero-order chi connectivity index (χ0) is 16.3. The minimum absolute atomic E-state index is 0.146. The van der Waals surface area contributed by atoms with Crippen molar-refractivity contribution < 1.29 is 14.6 Å². The Labute approximate surface area is 135 Å². The maximum atomic E-state index is 12.5. The molecule has 0 aromatic heterocycles. The first-order valence-electron chi connectivity index (χ1n) is 8.99. The summed E-state index contributed by atoms with van der Waals surface area (Å²) in [6, 6.07) is 0.146. The van der Waals surface area contributed by atoms with Crippen LogP contribution in [-0.2, 0) is 4.74 Å². The number of ether oxygens (including phenoxy) is 1. The number of hydrogen-bond acceptors (Lipinski definition) is 3. The lowest BCUT2D eigenvalue weighted by Crippen LogP contribution is -2.53. The summed E-state index contributed by atoms with van der Waals surface area (Å²) in [7, 11) is 0. The summed E-state index contributed by atoms with van der Waals surface area (Å²) < 4.78 is 5.59. The third kappa shape index (κ3) is 4.37. The van der Waals surface area contributed by atoms with Gasteiger partial charge in [-0.3, -0.25) is 0 Å². The van der Waals surface area contributed by atoms with Gasteiger partial charge < -0.3 is 14.7 Å². The van der Waals surface area contributed by atoms with E-state index in [4.69, 9.17) is 4.74 Å².